The van der Waals surface area contributed by atoms with Gasteiger partial charge in [-0.05, 0) is 39.1 Å². The molecule has 0 N–H and O–H groups in total. The van der Waals surface area contributed by atoms with E-state index in [1.807, 2.05) is 0 Å². The fraction of sp³-hybridized carbons (Fsp3) is 0. The van der Waals surface area contributed by atoms with E-state index < -0.39 is 0 Å². The van der Waals surface area contributed by atoms with Crippen molar-refractivity contribution in [3.8, 4) is 0 Å². The largest absolute Gasteiger partial charge is 0.248 e. The number of fused-ring (bicyclic) bond motifs is 5. The third-order valence-corrected chi connectivity index (χ3v) is 5.17. The zero-order valence-corrected chi connectivity index (χ0v) is 13.0. The van der Waals surface area contributed by atoms with Crippen LogP contribution in [0.2, 0.25) is 0 Å². The molecule has 0 aliphatic carbocycles. The Morgan fingerprint density at radius 2 is 1.12 bits per heavy atom. The standard InChI is InChI=1S/C23H13N/c1-2-8-17-15(7-1)16-10-5-6-14-12-13-20-23(21(14)16)22(17)18-9-3-4-11-19(18)24-20/h1-13H. The molecule has 1 heteroatoms. The summed E-state index contributed by atoms with van der Waals surface area (Å²) in [7, 11) is 0. The van der Waals surface area contributed by atoms with E-state index >= 15 is 0 Å². The molecule has 0 bridgehead atoms. The highest BCUT2D eigenvalue weighted by molar-refractivity contribution is 6.37. The van der Waals surface area contributed by atoms with Crippen molar-refractivity contribution in [1.29, 1.82) is 0 Å². The number of rotatable bonds is 0. The van der Waals surface area contributed by atoms with E-state index in [0.29, 0.717) is 0 Å². The molecule has 5 aromatic carbocycles. The van der Waals surface area contributed by atoms with Crippen LogP contribution in [-0.4, -0.2) is 4.98 Å². The highest BCUT2D eigenvalue weighted by Gasteiger charge is 2.15. The molecule has 0 fully saturated rings. The van der Waals surface area contributed by atoms with Crippen LogP contribution in [0, 0.1) is 0 Å². The molecule has 0 aliphatic heterocycles. The molecule has 1 aromatic heterocycles. The fourth-order valence-corrected chi connectivity index (χ4v) is 4.20. The molecule has 6 aromatic rings. The van der Waals surface area contributed by atoms with Gasteiger partial charge in [-0.1, -0.05) is 66.7 Å². The van der Waals surface area contributed by atoms with E-state index in [-0.39, 0.29) is 0 Å². The van der Waals surface area contributed by atoms with Crippen LogP contribution in [0.3, 0.4) is 0 Å². The first-order valence-corrected chi connectivity index (χ1v) is 8.26. The second kappa shape index (κ2) is 4.21. The molecule has 0 spiro atoms. The van der Waals surface area contributed by atoms with E-state index in [2.05, 4.69) is 78.9 Å². The summed E-state index contributed by atoms with van der Waals surface area (Å²) in [5, 5.41) is 10.4. The van der Waals surface area contributed by atoms with Crippen LogP contribution in [0.15, 0.2) is 78.9 Å². The minimum Gasteiger partial charge on any atom is -0.248 e. The second-order valence-corrected chi connectivity index (χ2v) is 6.41. The molecule has 24 heavy (non-hydrogen) atoms. The van der Waals surface area contributed by atoms with Crippen LogP contribution in [0.4, 0.5) is 0 Å². The summed E-state index contributed by atoms with van der Waals surface area (Å²) in [5.74, 6) is 0. The first-order chi connectivity index (χ1) is 11.9. The van der Waals surface area contributed by atoms with Gasteiger partial charge in [-0.2, -0.15) is 0 Å². The maximum atomic E-state index is 4.94. The van der Waals surface area contributed by atoms with Crippen molar-refractivity contribution in [2.24, 2.45) is 0 Å². The van der Waals surface area contributed by atoms with Crippen molar-refractivity contribution in [1.82, 2.24) is 4.98 Å². The summed E-state index contributed by atoms with van der Waals surface area (Å²) < 4.78 is 0. The molecular formula is C23H13N. The molecule has 0 atom stereocenters. The minimum absolute atomic E-state index is 1.06. The Hall–Kier alpha value is -3.19. The normalized spacial score (nSPS) is 12.2. The molecule has 1 nitrogen and oxygen atoms in total. The molecule has 0 unspecified atom stereocenters. The second-order valence-electron chi connectivity index (χ2n) is 6.41. The number of nitrogens with zero attached hydrogens (tertiary/aromatic N) is 1. The Kier molecular flexibility index (Phi) is 2.15. The van der Waals surface area contributed by atoms with Gasteiger partial charge in [-0.3, -0.25) is 0 Å². The van der Waals surface area contributed by atoms with E-state index in [1.54, 1.807) is 0 Å². The summed E-state index contributed by atoms with van der Waals surface area (Å²) in [5.41, 5.74) is 2.15. The van der Waals surface area contributed by atoms with Gasteiger partial charge < -0.3 is 0 Å². The Balaban J connectivity index is 2.15. The van der Waals surface area contributed by atoms with Gasteiger partial charge in [0, 0.05) is 16.2 Å². The van der Waals surface area contributed by atoms with Crippen LogP contribution >= 0.6 is 0 Å². The number of benzene rings is 5. The lowest BCUT2D eigenvalue weighted by atomic mass is 9.89. The smallest absolute Gasteiger partial charge is 0.0722 e. The molecule has 0 saturated carbocycles. The lowest BCUT2D eigenvalue weighted by Gasteiger charge is -2.15. The van der Waals surface area contributed by atoms with Crippen LogP contribution < -0.4 is 0 Å². The topological polar surface area (TPSA) is 12.9 Å². The maximum Gasteiger partial charge on any atom is 0.0722 e. The van der Waals surface area contributed by atoms with Gasteiger partial charge in [0.25, 0.3) is 0 Å². The van der Waals surface area contributed by atoms with Crippen molar-refractivity contribution in [3.63, 3.8) is 0 Å². The number of pyridine rings is 1. The Labute approximate surface area is 138 Å². The first-order valence-electron chi connectivity index (χ1n) is 8.26. The Morgan fingerprint density at radius 3 is 2.04 bits per heavy atom. The molecule has 0 radical (unpaired) electrons. The van der Waals surface area contributed by atoms with E-state index in [0.717, 1.165) is 11.0 Å². The van der Waals surface area contributed by atoms with Gasteiger partial charge in [0.15, 0.2) is 0 Å². The number of para-hydroxylation sites is 1. The average Bonchev–Trinajstić information content (AvgIpc) is 2.66. The summed E-state index contributed by atoms with van der Waals surface area (Å²) in [6.07, 6.45) is 0. The highest BCUT2D eigenvalue weighted by atomic mass is 14.7. The lowest BCUT2D eigenvalue weighted by molar-refractivity contribution is 1.52. The van der Waals surface area contributed by atoms with Crippen molar-refractivity contribution in [2.75, 3.05) is 0 Å². The predicted molar refractivity (Wildman–Crippen MR) is 103 cm³/mol. The van der Waals surface area contributed by atoms with Gasteiger partial charge in [-0.15, -0.1) is 0 Å². The molecule has 0 aliphatic rings. The fourth-order valence-electron chi connectivity index (χ4n) is 4.20. The molecule has 0 saturated heterocycles. The lowest BCUT2D eigenvalue weighted by Crippen LogP contribution is -1.90. The molecule has 110 valence electrons. The van der Waals surface area contributed by atoms with Gasteiger partial charge >= 0.3 is 0 Å². The third-order valence-electron chi connectivity index (χ3n) is 5.17. The summed E-state index contributed by atoms with van der Waals surface area (Å²) >= 11 is 0. The molecule has 1 heterocycles. The number of hydrogen-bond donors (Lipinski definition) is 0. The number of aromatic nitrogens is 1. The number of hydrogen-bond acceptors (Lipinski definition) is 1. The molecular weight excluding hydrogens is 290 g/mol. The van der Waals surface area contributed by atoms with Gasteiger partial charge in [0.05, 0.1) is 11.0 Å². The molecule has 0 amide bonds. The van der Waals surface area contributed by atoms with Crippen molar-refractivity contribution >= 4 is 54.1 Å². The zero-order valence-electron chi connectivity index (χ0n) is 13.0. The predicted octanol–water partition coefficient (Wildman–Crippen LogP) is 6.29. The SMILES string of the molecule is c1ccc2c(c1)nc1ccc3cccc4c5ccccc5c2c1c34. The van der Waals surface area contributed by atoms with Crippen LogP contribution in [0.5, 0.6) is 0 Å². The average molecular weight is 303 g/mol. The van der Waals surface area contributed by atoms with E-state index in [1.165, 1.54) is 43.1 Å². The Bertz CT molecular complexity index is 1390. The summed E-state index contributed by atoms with van der Waals surface area (Å²) in [6, 6.07) is 28.2. The maximum absolute atomic E-state index is 4.94. The summed E-state index contributed by atoms with van der Waals surface area (Å²) in [6.45, 7) is 0. The van der Waals surface area contributed by atoms with Gasteiger partial charge in [-0.25, -0.2) is 4.98 Å². The van der Waals surface area contributed by atoms with Crippen molar-refractivity contribution in [3.05, 3.63) is 78.9 Å². The van der Waals surface area contributed by atoms with Crippen LogP contribution in [0.25, 0.3) is 54.1 Å². The van der Waals surface area contributed by atoms with Crippen LogP contribution in [-0.2, 0) is 0 Å². The monoisotopic (exact) mass is 303 g/mol. The van der Waals surface area contributed by atoms with Crippen LogP contribution in [0.1, 0.15) is 0 Å². The Morgan fingerprint density at radius 1 is 0.417 bits per heavy atom. The van der Waals surface area contributed by atoms with Crippen molar-refractivity contribution < 1.29 is 0 Å². The summed E-state index contributed by atoms with van der Waals surface area (Å²) in [4.78, 5) is 4.94. The van der Waals surface area contributed by atoms with Gasteiger partial charge in [0.1, 0.15) is 0 Å². The quantitative estimate of drug-likeness (QED) is 0.237. The highest BCUT2D eigenvalue weighted by Crippen LogP contribution is 2.42. The first kappa shape index (κ1) is 12.3. The minimum atomic E-state index is 1.06. The zero-order chi connectivity index (χ0) is 15.7. The van der Waals surface area contributed by atoms with E-state index in [9.17, 15) is 0 Å². The van der Waals surface area contributed by atoms with Crippen molar-refractivity contribution in [2.45, 2.75) is 0 Å². The molecule has 6 rings (SSSR count). The van der Waals surface area contributed by atoms with E-state index in [4.69, 9.17) is 4.98 Å². The third kappa shape index (κ3) is 1.38. The van der Waals surface area contributed by atoms with Gasteiger partial charge in [0.2, 0.25) is 0 Å².